The second-order valence-corrected chi connectivity index (χ2v) is 6.27. The summed E-state index contributed by atoms with van der Waals surface area (Å²) >= 11 is 9.26. The van der Waals surface area contributed by atoms with Crippen molar-refractivity contribution >= 4 is 34.7 Å². The molecule has 0 aliphatic heterocycles. The summed E-state index contributed by atoms with van der Waals surface area (Å²) in [5, 5.41) is 12.3. The van der Waals surface area contributed by atoms with E-state index in [2.05, 4.69) is 10.3 Å². The molecular formula is C12H13ClN2OS2. The molecule has 2 aromatic rings. The number of benzene rings is 1. The maximum atomic E-state index is 8.70. The Morgan fingerprint density at radius 2 is 2.11 bits per heavy atom. The van der Waals surface area contributed by atoms with Crippen molar-refractivity contribution in [2.75, 3.05) is 13.2 Å². The Balaban J connectivity index is 2.00. The predicted octanol–water partition coefficient (Wildman–Crippen LogP) is 3.03. The molecular weight excluding hydrogens is 288 g/mol. The molecule has 0 fully saturated rings. The van der Waals surface area contributed by atoms with E-state index in [-0.39, 0.29) is 6.61 Å². The fourth-order valence-electron chi connectivity index (χ4n) is 1.34. The molecule has 18 heavy (non-hydrogen) atoms. The highest BCUT2D eigenvalue weighted by atomic mass is 35.5. The summed E-state index contributed by atoms with van der Waals surface area (Å²) in [6.07, 6.45) is 0. The number of aromatic nitrogens is 1. The summed E-state index contributed by atoms with van der Waals surface area (Å²) in [4.78, 5) is 6.48. The van der Waals surface area contributed by atoms with Gasteiger partial charge in [0, 0.05) is 18.0 Å². The molecule has 6 heteroatoms. The van der Waals surface area contributed by atoms with Gasteiger partial charge in [0.1, 0.15) is 5.15 Å². The fourth-order valence-corrected chi connectivity index (χ4v) is 3.74. The van der Waals surface area contributed by atoms with Crippen LogP contribution in [-0.2, 0) is 6.54 Å². The minimum Gasteiger partial charge on any atom is -0.395 e. The van der Waals surface area contributed by atoms with Crippen molar-refractivity contribution in [1.29, 1.82) is 0 Å². The Morgan fingerprint density at radius 3 is 2.83 bits per heavy atom. The molecule has 0 bridgehead atoms. The van der Waals surface area contributed by atoms with Crippen molar-refractivity contribution in [2.24, 2.45) is 0 Å². The van der Waals surface area contributed by atoms with Gasteiger partial charge in [0.2, 0.25) is 0 Å². The zero-order valence-electron chi connectivity index (χ0n) is 9.60. The summed E-state index contributed by atoms with van der Waals surface area (Å²) in [5.74, 6) is 0. The summed E-state index contributed by atoms with van der Waals surface area (Å²) in [7, 11) is 0. The Hall–Kier alpha value is -0.590. The predicted molar refractivity (Wildman–Crippen MR) is 76.5 cm³/mol. The molecule has 0 saturated heterocycles. The van der Waals surface area contributed by atoms with Gasteiger partial charge in [-0.2, -0.15) is 0 Å². The Labute approximate surface area is 119 Å². The van der Waals surface area contributed by atoms with Crippen LogP contribution in [0.1, 0.15) is 4.88 Å². The molecule has 0 atom stereocenters. The fraction of sp³-hybridized carbons (Fsp3) is 0.250. The van der Waals surface area contributed by atoms with E-state index in [0.717, 1.165) is 14.1 Å². The molecule has 0 saturated carbocycles. The molecule has 96 valence electrons. The molecule has 0 aliphatic carbocycles. The third kappa shape index (κ3) is 3.96. The van der Waals surface area contributed by atoms with Gasteiger partial charge in [-0.25, -0.2) is 4.98 Å². The van der Waals surface area contributed by atoms with Crippen LogP contribution in [-0.4, -0.2) is 23.2 Å². The quantitative estimate of drug-likeness (QED) is 0.805. The van der Waals surface area contributed by atoms with Crippen LogP contribution in [0.15, 0.2) is 39.6 Å². The molecule has 1 aromatic carbocycles. The lowest BCUT2D eigenvalue weighted by atomic mass is 10.4. The van der Waals surface area contributed by atoms with Gasteiger partial charge in [0.25, 0.3) is 0 Å². The molecule has 0 amide bonds. The Bertz CT molecular complexity index is 490. The van der Waals surface area contributed by atoms with Gasteiger partial charge in [-0.05, 0) is 12.1 Å². The van der Waals surface area contributed by atoms with Crippen LogP contribution in [0.25, 0.3) is 0 Å². The van der Waals surface area contributed by atoms with Crippen LogP contribution >= 0.6 is 34.7 Å². The van der Waals surface area contributed by atoms with E-state index in [9.17, 15) is 0 Å². The second-order valence-electron chi connectivity index (χ2n) is 3.51. The number of aliphatic hydroxyl groups excluding tert-OH is 1. The smallest absolute Gasteiger partial charge is 0.156 e. The summed E-state index contributed by atoms with van der Waals surface area (Å²) in [5.41, 5.74) is 0. The zero-order chi connectivity index (χ0) is 12.8. The van der Waals surface area contributed by atoms with E-state index in [1.54, 1.807) is 23.1 Å². The first-order valence-corrected chi connectivity index (χ1v) is 7.50. The number of aliphatic hydroxyl groups is 1. The molecule has 2 rings (SSSR count). The van der Waals surface area contributed by atoms with Crippen LogP contribution in [0.3, 0.4) is 0 Å². The monoisotopic (exact) mass is 300 g/mol. The average molecular weight is 301 g/mol. The van der Waals surface area contributed by atoms with E-state index in [1.165, 1.54) is 0 Å². The number of nitrogens with one attached hydrogen (secondary N) is 1. The first-order chi connectivity index (χ1) is 8.79. The van der Waals surface area contributed by atoms with Crippen molar-refractivity contribution in [3.05, 3.63) is 40.4 Å². The van der Waals surface area contributed by atoms with E-state index in [0.29, 0.717) is 18.2 Å². The highest BCUT2D eigenvalue weighted by Gasteiger charge is 2.09. The number of hydrogen-bond acceptors (Lipinski definition) is 5. The van der Waals surface area contributed by atoms with Gasteiger partial charge >= 0.3 is 0 Å². The summed E-state index contributed by atoms with van der Waals surface area (Å²) in [6.45, 7) is 1.34. The number of rotatable bonds is 6. The van der Waals surface area contributed by atoms with Crippen molar-refractivity contribution in [2.45, 2.75) is 15.8 Å². The van der Waals surface area contributed by atoms with Crippen molar-refractivity contribution < 1.29 is 5.11 Å². The number of thiazole rings is 1. The number of nitrogens with zero attached hydrogens (tertiary/aromatic N) is 1. The van der Waals surface area contributed by atoms with Gasteiger partial charge in [-0.1, -0.05) is 41.6 Å². The molecule has 0 unspecified atom stereocenters. The molecule has 0 aliphatic rings. The van der Waals surface area contributed by atoms with Gasteiger partial charge in [0.15, 0.2) is 4.34 Å². The Morgan fingerprint density at radius 1 is 1.33 bits per heavy atom. The minimum atomic E-state index is 0.127. The second kappa shape index (κ2) is 7.11. The van der Waals surface area contributed by atoms with E-state index < -0.39 is 0 Å². The van der Waals surface area contributed by atoms with Crippen LogP contribution in [0.5, 0.6) is 0 Å². The Kier molecular flexibility index (Phi) is 5.46. The van der Waals surface area contributed by atoms with E-state index in [1.807, 2.05) is 30.3 Å². The van der Waals surface area contributed by atoms with Crippen LogP contribution in [0.2, 0.25) is 5.15 Å². The third-order valence-corrected chi connectivity index (χ3v) is 4.70. The number of halogens is 1. The largest absolute Gasteiger partial charge is 0.395 e. The van der Waals surface area contributed by atoms with Crippen LogP contribution in [0, 0.1) is 0 Å². The first kappa shape index (κ1) is 13.8. The minimum absolute atomic E-state index is 0.127. The molecule has 1 aromatic heterocycles. The van der Waals surface area contributed by atoms with Crippen molar-refractivity contribution in [1.82, 2.24) is 10.3 Å². The normalized spacial score (nSPS) is 10.8. The highest BCUT2D eigenvalue weighted by Crippen LogP contribution is 2.34. The molecule has 3 nitrogen and oxygen atoms in total. The maximum absolute atomic E-state index is 8.70. The lowest BCUT2D eigenvalue weighted by molar-refractivity contribution is 0.292. The van der Waals surface area contributed by atoms with Gasteiger partial charge in [-0.3, -0.25) is 0 Å². The molecule has 0 spiro atoms. The summed E-state index contributed by atoms with van der Waals surface area (Å²) in [6, 6.07) is 10.1. The van der Waals surface area contributed by atoms with Gasteiger partial charge in [-0.15, -0.1) is 11.3 Å². The van der Waals surface area contributed by atoms with E-state index in [4.69, 9.17) is 16.7 Å². The topological polar surface area (TPSA) is 45.1 Å². The standard InChI is InChI=1S/C12H13ClN2OS2/c13-11-10(8-14-6-7-16)18-12(15-11)17-9-4-2-1-3-5-9/h1-5,14,16H,6-8H2. The lowest BCUT2D eigenvalue weighted by Crippen LogP contribution is -2.16. The van der Waals surface area contributed by atoms with Crippen molar-refractivity contribution in [3.63, 3.8) is 0 Å². The van der Waals surface area contributed by atoms with Gasteiger partial charge in [0.05, 0.1) is 11.5 Å². The maximum Gasteiger partial charge on any atom is 0.156 e. The highest BCUT2D eigenvalue weighted by molar-refractivity contribution is 8.01. The molecule has 2 N–H and O–H groups in total. The molecule has 0 radical (unpaired) electrons. The molecule has 1 heterocycles. The zero-order valence-corrected chi connectivity index (χ0v) is 12.0. The van der Waals surface area contributed by atoms with E-state index >= 15 is 0 Å². The first-order valence-electron chi connectivity index (χ1n) is 5.49. The lowest BCUT2D eigenvalue weighted by Gasteiger charge is -1.98. The third-order valence-electron chi connectivity index (χ3n) is 2.15. The van der Waals surface area contributed by atoms with Crippen LogP contribution < -0.4 is 5.32 Å². The number of hydrogen-bond donors (Lipinski definition) is 2. The van der Waals surface area contributed by atoms with Gasteiger partial charge < -0.3 is 10.4 Å². The summed E-state index contributed by atoms with van der Waals surface area (Å²) < 4.78 is 0.937. The SMILES string of the molecule is OCCNCc1sc(Sc2ccccc2)nc1Cl. The van der Waals surface area contributed by atoms with Crippen LogP contribution in [0.4, 0.5) is 0 Å². The average Bonchev–Trinajstić information content (AvgIpc) is 2.71. The van der Waals surface area contributed by atoms with Crippen molar-refractivity contribution in [3.8, 4) is 0 Å².